The van der Waals surface area contributed by atoms with Crippen LogP contribution in [0.25, 0.3) is 0 Å². The second-order valence-corrected chi connectivity index (χ2v) is 5.87. The van der Waals surface area contributed by atoms with Crippen LogP contribution in [-0.4, -0.2) is 11.0 Å². The Kier molecular flexibility index (Phi) is 5.93. The van der Waals surface area contributed by atoms with Crippen molar-refractivity contribution in [2.24, 2.45) is 5.92 Å². The van der Waals surface area contributed by atoms with Gasteiger partial charge in [-0.15, -0.1) is 0 Å². The van der Waals surface area contributed by atoms with E-state index in [2.05, 4.69) is 25.6 Å². The highest BCUT2D eigenvalue weighted by atomic mass is 32.2. The summed E-state index contributed by atoms with van der Waals surface area (Å²) in [5.41, 5.74) is 0. The van der Waals surface area contributed by atoms with E-state index in [0.29, 0.717) is 0 Å². The first-order chi connectivity index (χ1) is 6.33. The maximum absolute atomic E-state index is 2.40. The molecule has 13 heavy (non-hydrogen) atoms. The SMILES string of the molecule is CCCCCSC1CCC(C)CC1. The lowest BCUT2D eigenvalue weighted by Gasteiger charge is -2.25. The van der Waals surface area contributed by atoms with Crippen molar-refractivity contribution in [3.63, 3.8) is 0 Å². The molecule has 0 spiro atoms. The molecule has 0 aliphatic heterocycles. The lowest BCUT2D eigenvalue weighted by atomic mass is 9.91. The standard InChI is InChI=1S/C12H24S/c1-3-4-5-10-13-12-8-6-11(2)7-9-12/h11-12H,3-10H2,1-2H3. The van der Waals surface area contributed by atoms with Crippen LogP contribution >= 0.6 is 11.8 Å². The number of unbranched alkanes of at least 4 members (excludes halogenated alkanes) is 2. The van der Waals surface area contributed by atoms with Crippen LogP contribution in [0.15, 0.2) is 0 Å². The van der Waals surface area contributed by atoms with Gasteiger partial charge in [-0.2, -0.15) is 11.8 Å². The number of hydrogen-bond donors (Lipinski definition) is 0. The Labute approximate surface area is 87.9 Å². The van der Waals surface area contributed by atoms with Gasteiger partial charge in [0.15, 0.2) is 0 Å². The van der Waals surface area contributed by atoms with Gasteiger partial charge in [-0.05, 0) is 43.8 Å². The molecule has 78 valence electrons. The molecule has 1 fully saturated rings. The number of thioether (sulfide) groups is 1. The molecule has 1 aliphatic carbocycles. The maximum Gasteiger partial charge on any atom is 0.00472 e. The van der Waals surface area contributed by atoms with E-state index in [1.807, 2.05) is 0 Å². The number of hydrogen-bond acceptors (Lipinski definition) is 1. The van der Waals surface area contributed by atoms with Crippen molar-refractivity contribution >= 4 is 11.8 Å². The lowest BCUT2D eigenvalue weighted by Crippen LogP contribution is -2.14. The molecule has 0 saturated heterocycles. The van der Waals surface area contributed by atoms with Gasteiger partial charge in [0.25, 0.3) is 0 Å². The zero-order valence-electron chi connectivity index (χ0n) is 9.22. The molecule has 0 aromatic heterocycles. The van der Waals surface area contributed by atoms with Gasteiger partial charge in [-0.3, -0.25) is 0 Å². The van der Waals surface area contributed by atoms with Gasteiger partial charge < -0.3 is 0 Å². The molecule has 0 aromatic rings. The van der Waals surface area contributed by atoms with Crippen molar-refractivity contribution in [2.75, 3.05) is 5.75 Å². The summed E-state index contributed by atoms with van der Waals surface area (Å²) in [6, 6.07) is 0. The molecule has 1 aliphatic rings. The molecule has 1 saturated carbocycles. The molecule has 1 rings (SSSR count). The highest BCUT2D eigenvalue weighted by Gasteiger charge is 2.17. The maximum atomic E-state index is 2.40. The average Bonchev–Trinajstić information content (AvgIpc) is 2.15. The van der Waals surface area contributed by atoms with E-state index in [0.717, 1.165) is 11.2 Å². The van der Waals surface area contributed by atoms with Crippen molar-refractivity contribution in [1.29, 1.82) is 0 Å². The fourth-order valence-electron chi connectivity index (χ4n) is 2.00. The van der Waals surface area contributed by atoms with Gasteiger partial charge in [-0.25, -0.2) is 0 Å². The minimum Gasteiger partial charge on any atom is -0.159 e. The molecule has 0 N–H and O–H groups in total. The fourth-order valence-corrected chi connectivity index (χ4v) is 3.31. The minimum absolute atomic E-state index is 1.01. The molecule has 0 atom stereocenters. The van der Waals surface area contributed by atoms with Crippen LogP contribution in [0.4, 0.5) is 0 Å². The predicted molar refractivity (Wildman–Crippen MR) is 63.4 cm³/mol. The quantitative estimate of drug-likeness (QED) is 0.589. The molecular formula is C12H24S. The summed E-state index contributed by atoms with van der Waals surface area (Å²) in [5, 5.41) is 1.01. The Morgan fingerprint density at radius 1 is 1.08 bits per heavy atom. The van der Waals surface area contributed by atoms with E-state index in [4.69, 9.17) is 0 Å². The summed E-state index contributed by atoms with van der Waals surface area (Å²) in [6.07, 6.45) is 10.2. The van der Waals surface area contributed by atoms with Crippen molar-refractivity contribution in [3.8, 4) is 0 Å². The molecule has 0 bridgehead atoms. The fraction of sp³-hybridized carbons (Fsp3) is 1.00. The third-order valence-corrected chi connectivity index (χ3v) is 4.53. The van der Waals surface area contributed by atoms with Crippen molar-refractivity contribution in [1.82, 2.24) is 0 Å². The van der Waals surface area contributed by atoms with Crippen molar-refractivity contribution in [3.05, 3.63) is 0 Å². The molecule has 1 heteroatoms. The van der Waals surface area contributed by atoms with Gasteiger partial charge in [0.1, 0.15) is 0 Å². The molecule has 0 nitrogen and oxygen atoms in total. The zero-order valence-corrected chi connectivity index (χ0v) is 10.0. The van der Waals surface area contributed by atoms with Crippen LogP contribution in [0.3, 0.4) is 0 Å². The van der Waals surface area contributed by atoms with E-state index >= 15 is 0 Å². The largest absolute Gasteiger partial charge is 0.159 e. The normalized spacial score (nSPS) is 29.1. The molecule has 0 heterocycles. The van der Waals surface area contributed by atoms with Crippen molar-refractivity contribution < 1.29 is 0 Å². The second kappa shape index (κ2) is 6.75. The smallest absolute Gasteiger partial charge is 0.00472 e. The van der Waals surface area contributed by atoms with E-state index in [9.17, 15) is 0 Å². The van der Waals surface area contributed by atoms with Crippen LogP contribution in [-0.2, 0) is 0 Å². The highest BCUT2D eigenvalue weighted by Crippen LogP contribution is 2.31. The van der Waals surface area contributed by atoms with Crippen LogP contribution in [0.2, 0.25) is 0 Å². The van der Waals surface area contributed by atoms with Crippen LogP contribution < -0.4 is 0 Å². The molecule has 0 amide bonds. The summed E-state index contributed by atoms with van der Waals surface area (Å²) in [7, 11) is 0. The van der Waals surface area contributed by atoms with Gasteiger partial charge in [0, 0.05) is 5.25 Å². The topological polar surface area (TPSA) is 0 Å². The Morgan fingerprint density at radius 3 is 2.38 bits per heavy atom. The van der Waals surface area contributed by atoms with E-state index < -0.39 is 0 Å². The third-order valence-electron chi connectivity index (χ3n) is 3.06. The first kappa shape index (κ1) is 11.4. The minimum atomic E-state index is 1.01. The lowest BCUT2D eigenvalue weighted by molar-refractivity contribution is 0.393. The Morgan fingerprint density at radius 2 is 1.77 bits per heavy atom. The predicted octanol–water partition coefficient (Wildman–Crippen LogP) is 4.49. The molecule has 0 radical (unpaired) electrons. The van der Waals surface area contributed by atoms with Crippen molar-refractivity contribution in [2.45, 2.75) is 64.0 Å². The van der Waals surface area contributed by atoms with Gasteiger partial charge in [-0.1, -0.05) is 26.7 Å². The first-order valence-corrected chi connectivity index (χ1v) is 6.99. The number of rotatable bonds is 5. The van der Waals surface area contributed by atoms with E-state index in [1.165, 1.54) is 50.7 Å². The van der Waals surface area contributed by atoms with Crippen LogP contribution in [0.5, 0.6) is 0 Å². The summed E-state index contributed by atoms with van der Waals surface area (Å²) in [5.74, 6) is 2.42. The summed E-state index contributed by atoms with van der Waals surface area (Å²) >= 11 is 2.24. The molecule has 0 unspecified atom stereocenters. The summed E-state index contributed by atoms with van der Waals surface area (Å²) in [6.45, 7) is 4.69. The first-order valence-electron chi connectivity index (χ1n) is 5.94. The summed E-state index contributed by atoms with van der Waals surface area (Å²) in [4.78, 5) is 0. The van der Waals surface area contributed by atoms with E-state index in [1.54, 1.807) is 0 Å². The Bertz CT molecular complexity index is 114. The third kappa shape index (κ3) is 4.95. The van der Waals surface area contributed by atoms with Gasteiger partial charge >= 0.3 is 0 Å². The van der Waals surface area contributed by atoms with E-state index in [-0.39, 0.29) is 0 Å². The monoisotopic (exact) mass is 200 g/mol. The van der Waals surface area contributed by atoms with Crippen LogP contribution in [0.1, 0.15) is 58.8 Å². The second-order valence-electron chi connectivity index (χ2n) is 4.46. The molecule has 0 aromatic carbocycles. The van der Waals surface area contributed by atoms with Gasteiger partial charge in [0.05, 0.1) is 0 Å². The summed E-state index contributed by atoms with van der Waals surface area (Å²) < 4.78 is 0. The van der Waals surface area contributed by atoms with Crippen LogP contribution in [0, 0.1) is 5.92 Å². The highest BCUT2D eigenvalue weighted by molar-refractivity contribution is 7.99. The average molecular weight is 200 g/mol. The zero-order chi connectivity index (χ0) is 9.52. The molecular weight excluding hydrogens is 176 g/mol. The Hall–Kier alpha value is 0.350. The Balaban J connectivity index is 1.96. The van der Waals surface area contributed by atoms with Gasteiger partial charge in [0.2, 0.25) is 0 Å².